The topological polar surface area (TPSA) is 95.1 Å². The molecule has 0 aliphatic carbocycles. The van der Waals surface area contributed by atoms with Gasteiger partial charge in [0, 0.05) is 10.7 Å². The molecule has 0 saturated heterocycles. The molecule has 0 unspecified atom stereocenters. The summed E-state index contributed by atoms with van der Waals surface area (Å²) in [5, 5.41) is 21.4. The number of hydrogen-bond acceptors (Lipinski definition) is 5. The first kappa shape index (κ1) is 21.1. The highest BCUT2D eigenvalue weighted by atomic mass is 35.5. The van der Waals surface area contributed by atoms with Crippen molar-refractivity contribution < 1.29 is 14.3 Å². The van der Waals surface area contributed by atoms with Crippen molar-refractivity contribution in [2.45, 2.75) is 6.92 Å². The summed E-state index contributed by atoms with van der Waals surface area (Å²) in [5.41, 5.74) is 0.851. The minimum Gasteiger partial charge on any atom is -0.490 e. The van der Waals surface area contributed by atoms with E-state index >= 15 is 0 Å². The van der Waals surface area contributed by atoms with Crippen molar-refractivity contribution in [1.29, 1.82) is 10.5 Å². The van der Waals surface area contributed by atoms with Crippen LogP contribution in [0.2, 0.25) is 10.0 Å². The highest BCUT2D eigenvalue weighted by Gasteiger charge is 2.14. The van der Waals surface area contributed by atoms with Crippen LogP contribution in [0.4, 0.5) is 5.69 Å². The number of benzene rings is 2. The SMILES string of the molecule is CCOc1cc(/C=C(\C#N)C(=O)Nc2ccc(Cl)cc2)cc(Cl)c1OCC#N. The molecule has 2 aromatic rings. The third-order valence-corrected chi connectivity index (χ3v) is 3.92. The predicted molar refractivity (Wildman–Crippen MR) is 107 cm³/mol. The number of carbonyl (C=O) groups excluding carboxylic acids is 1. The molecule has 2 rings (SSSR count). The zero-order valence-electron chi connectivity index (χ0n) is 14.8. The van der Waals surface area contributed by atoms with Gasteiger partial charge in [-0.3, -0.25) is 4.79 Å². The molecular formula is C20H15Cl2N3O3. The molecule has 0 aliphatic heterocycles. The molecule has 0 atom stereocenters. The largest absolute Gasteiger partial charge is 0.490 e. The first-order valence-corrected chi connectivity index (χ1v) is 8.88. The van der Waals surface area contributed by atoms with E-state index in [1.807, 2.05) is 12.1 Å². The molecule has 0 radical (unpaired) electrons. The number of amides is 1. The van der Waals surface area contributed by atoms with Crippen molar-refractivity contribution in [2.24, 2.45) is 0 Å². The number of nitriles is 2. The van der Waals surface area contributed by atoms with E-state index in [0.29, 0.717) is 28.6 Å². The molecule has 1 amide bonds. The highest BCUT2D eigenvalue weighted by molar-refractivity contribution is 6.32. The number of hydrogen-bond donors (Lipinski definition) is 1. The molecule has 6 nitrogen and oxygen atoms in total. The van der Waals surface area contributed by atoms with E-state index in [1.165, 1.54) is 12.1 Å². The second-order valence-corrected chi connectivity index (χ2v) is 6.18. The molecule has 0 saturated carbocycles. The molecular weight excluding hydrogens is 401 g/mol. The number of ether oxygens (including phenoxy) is 2. The second kappa shape index (κ2) is 10.2. The van der Waals surface area contributed by atoms with Gasteiger partial charge in [0.15, 0.2) is 18.1 Å². The Labute approximate surface area is 172 Å². The van der Waals surface area contributed by atoms with Crippen LogP contribution >= 0.6 is 23.2 Å². The van der Waals surface area contributed by atoms with Gasteiger partial charge >= 0.3 is 0 Å². The van der Waals surface area contributed by atoms with E-state index in [-0.39, 0.29) is 23.0 Å². The van der Waals surface area contributed by atoms with Crippen molar-refractivity contribution in [3.05, 3.63) is 57.6 Å². The molecule has 2 aromatic carbocycles. The third kappa shape index (κ3) is 5.65. The van der Waals surface area contributed by atoms with Gasteiger partial charge in [0.2, 0.25) is 0 Å². The minimum absolute atomic E-state index is 0.126. The zero-order valence-corrected chi connectivity index (χ0v) is 16.3. The smallest absolute Gasteiger partial charge is 0.266 e. The Kier molecular flexibility index (Phi) is 7.71. The van der Waals surface area contributed by atoms with Crippen molar-refractivity contribution in [3.8, 4) is 23.6 Å². The van der Waals surface area contributed by atoms with Crippen LogP contribution < -0.4 is 14.8 Å². The summed E-state index contributed by atoms with van der Waals surface area (Å²) >= 11 is 12.0. The van der Waals surface area contributed by atoms with Gasteiger partial charge in [-0.2, -0.15) is 10.5 Å². The van der Waals surface area contributed by atoms with Crippen LogP contribution in [0, 0.1) is 22.7 Å². The van der Waals surface area contributed by atoms with E-state index in [4.69, 9.17) is 37.9 Å². The highest BCUT2D eigenvalue weighted by Crippen LogP contribution is 2.37. The number of halogens is 2. The van der Waals surface area contributed by atoms with Gasteiger partial charge in [0.1, 0.15) is 17.7 Å². The van der Waals surface area contributed by atoms with Crippen LogP contribution in [-0.4, -0.2) is 19.1 Å². The van der Waals surface area contributed by atoms with Crippen molar-refractivity contribution in [3.63, 3.8) is 0 Å². The maximum absolute atomic E-state index is 12.4. The summed E-state index contributed by atoms with van der Waals surface area (Å²) in [6.45, 7) is 1.93. The molecule has 0 fully saturated rings. The monoisotopic (exact) mass is 415 g/mol. The van der Waals surface area contributed by atoms with Crippen LogP contribution in [-0.2, 0) is 4.79 Å². The van der Waals surface area contributed by atoms with Crippen LogP contribution in [0.25, 0.3) is 6.08 Å². The number of nitrogens with one attached hydrogen (secondary N) is 1. The summed E-state index contributed by atoms with van der Waals surface area (Å²) in [5.74, 6) is -0.0399. The van der Waals surface area contributed by atoms with Crippen LogP contribution in [0.3, 0.4) is 0 Å². The molecule has 28 heavy (non-hydrogen) atoms. The Balaban J connectivity index is 2.32. The number of nitrogens with zero attached hydrogens (tertiary/aromatic N) is 2. The normalized spacial score (nSPS) is 10.5. The molecule has 0 aliphatic rings. The maximum Gasteiger partial charge on any atom is 0.266 e. The maximum atomic E-state index is 12.4. The molecule has 0 bridgehead atoms. The predicted octanol–water partition coefficient (Wildman–Crippen LogP) is 4.84. The van der Waals surface area contributed by atoms with Crippen molar-refractivity contribution in [2.75, 3.05) is 18.5 Å². The van der Waals surface area contributed by atoms with Crippen LogP contribution in [0.5, 0.6) is 11.5 Å². The summed E-state index contributed by atoms with van der Waals surface area (Å²) < 4.78 is 10.8. The lowest BCUT2D eigenvalue weighted by Crippen LogP contribution is -2.13. The fourth-order valence-corrected chi connectivity index (χ4v) is 2.63. The van der Waals surface area contributed by atoms with Crippen molar-refractivity contribution in [1.82, 2.24) is 0 Å². The second-order valence-electron chi connectivity index (χ2n) is 5.34. The first-order chi connectivity index (χ1) is 13.5. The standard InChI is InChI=1S/C20H15Cl2N3O3/c1-2-27-18-11-13(10-17(22)19(18)28-8-7-23)9-14(12-24)20(26)25-16-5-3-15(21)4-6-16/h3-6,9-11H,2,8H2,1H3,(H,25,26)/b14-9+. The number of rotatable bonds is 7. The van der Waals surface area contributed by atoms with Gasteiger partial charge in [-0.1, -0.05) is 23.2 Å². The number of carbonyl (C=O) groups is 1. The average molecular weight is 416 g/mol. The quantitative estimate of drug-likeness (QED) is 0.515. The number of anilines is 1. The Morgan fingerprint density at radius 3 is 2.50 bits per heavy atom. The Bertz CT molecular complexity index is 974. The van der Waals surface area contributed by atoms with Gasteiger partial charge in [-0.15, -0.1) is 0 Å². The Morgan fingerprint density at radius 2 is 1.89 bits per heavy atom. The first-order valence-electron chi connectivity index (χ1n) is 8.13. The zero-order chi connectivity index (χ0) is 20.5. The van der Waals surface area contributed by atoms with Gasteiger partial charge < -0.3 is 14.8 Å². The van der Waals surface area contributed by atoms with E-state index in [1.54, 1.807) is 37.3 Å². The summed E-state index contributed by atoms with van der Waals surface area (Å²) in [4.78, 5) is 12.4. The lowest BCUT2D eigenvalue weighted by Gasteiger charge is -2.13. The van der Waals surface area contributed by atoms with E-state index in [9.17, 15) is 10.1 Å². The Morgan fingerprint density at radius 1 is 1.18 bits per heavy atom. The lowest BCUT2D eigenvalue weighted by atomic mass is 10.1. The molecule has 0 heterocycles. The summed E-state index contributed by atoms with van der Waals surface area (Å²) in [7, 11) is 0. The van der Waals surface area contributed by atoms with Gasteiger partial charge in [-0.05, 0) is 55.0 Å². The fraction of sp³-hybridized carbons (Fsp3) is 0.150. The fourth-order valence-electron chi connectivity index (χ4n) is 2.23. The van der Waals surface area contributed by atoms with Gasteiger partial charge in [0.25, 0.3) is 5.91 Å². The molecule has 8 heteroatoms. The summed E-state index contributed by atoms with van der Waals surface area (Å²) in [6, 6.07) is 13.3. The molecule has 0 aromatic heterocycles. The Hall–Kier alpha value is -3.19. The van der Waals surface area contributed by atoms with Crippen molar-refractivity contribution >= 4 is 40.9 Å². The van der Waals surface area contributed by atoms with E-state index in [2.05, 4.69) is 5.32 Å². The molecule has 0 spiro atoms. The van der Waals surface area contributed by atoms with E-state index in [0.717, 1.165) is 0 Å². The minimum atomic E-state index is -0.580. The molecule has 1 N–H and O–H groups in total. The lowest BCUT2D eigenvalue weighted by molar-refractivity contribution is -0.112. The van der Waals surface area contributed by atoms with Crippen LogP contribution in [0.1, 0.15) is 12.5 Å². The van der Waals surface area contributed by atoms with Gasteiger partial charge in [0.05, 0.1) is 11.6 Å². The van der Waals surface area contributed by atoms with E-state index < -0.39 is 5.91 Å². The molecule has 142 valence electrons. The third-order valence-electron chi connectivity index (χ3n) is 3.39. The summed E-state index contributed by atoms with van der Waals surface area (Å²) in [6.07, 6.45) is 1.38. The van der Waals surface area contributed by atoms with Crippen LogP contribution in [0.15, 0.2) is 42.0 Å². The average Bonchev–Trinajstić information content (AvgIpc) is 2.67. The van der Waals surface area contributed by atoms with Gasteiger partial charge in [-0.25, -0.2) is 0 Å².